The van der Waals surface area contributed by atoms with E-state index in [0.29, 0.717) is 11.2 Å². The number of benzene rings is 1. The molecule has 1 aromatic carbocycles. The fraction of sp³-hybridized carbons (Fsp3) is 0.353. The third-order valence-corrected chi connectivity index (χ3v) is 4.34. The highest BCUT2D eigenvalue weighted by atomic mass is 35.5. The molecule has 1 aliphatic rings. The monoisotopic (exact) mass is 286 g/mol. The summed E-state index contributed by atoms with van der Waals surface area (Å²) in [4.78, 5) is 4.19. The number of halogens is 1. The average molecular weight is 287 g/mol. The molecule has 0 radical (unpaired) electrons. The van der Waals surface area contributed by atoms with Gasteiger partial charge in [0.2, 0.25) is 0 Å². The SMILES string of the molecule is Cc1ccnc(Cl)c1NC1CCCCc2ccccc21. The maximum Gasteiger partial charge on any atom is 0.152 e. The molecule has 0 saturated carbocycles. The molecule has 1 N–H and O–H groups in total. The molecule has 3 heteroatoms. The third-order valence-electron chi connectivity index (χ3n) is 4.05. The molecule has 0 spiro atoms. The number of anilines is 1. The van der Waals surface area contributed by atoms with E-state index in [9.17, 15) is 0 Å². The fourth-order valence-corrected chi connectivity index (χ4v) is 3.20. The van der Waals surface area contributed by atoms with Gasteiger partial charge in [0, 0.05) is 6.20 Å². The largest absolute Gasteiger partial charge is 0.376 e. The topological polar surface area (TPSA) is 24.9 Å². The van der Waals surface area contributed by atoms with Crippen LogP contribution in [0.25, 0.3) is 0 Å². The van der Waals surface area contributed by atoms with Crippen LogP contribution < -0.4 is 5.32 Å². The summed E-state index contributed by atoms with van der Waals surface area (Å²) in [6.45, 7) is 2.07. The minimum absolute atomic E-state index is 0.328. The maximum absolute atomic E-state index is 6.24. The van der Waals surface area contributed by atoms with Crippen LogP contribution in [0.1, 0.15) is 42.0 Å². The highest BCUT2D eigenvalue weighted by molar-refractivity contribution is 6.32. The lowest BCUT2D eigenvalue weighted by molar-refractivity contribution is 0.643. The van der Waals surface area contributed by atoms with Crippen molar-refractivity contribution in [1.82, 2.24) is 4.98 Å². The van der Waals surface area contributed by atoms with Crippen LogP contribution in [0.3, 0.4) is 0 Å². The van der Waals surface area contributed by atoms with Gasteiger partial charge in [-0.25, -0.2) is 4.98 Å². The molecule has 0 amide bonds. The van der Waals surface area contributed by atoms with Crippen molar-refractivity contribution in [3.05, 3.63) is 58.4 Å². The van der Waals surface area contributed by atoms with Crippen molar-refractivity contribution in [2.24, 2.45) is 0 Å². The molecule has 1 aliphatic carbocycles. The Kier molecular flexibility index (Phi) is 3.93. The number of aryl methyl sites for hydroxylation is 2. The van der Waals surface area contributed by atoms with Gasteiger partial charge in [-0.1, -0.05) is 42.3 Å². The average Bonchev–Trinajstić information content (AvgIpc) is 2.66. The lowest BCUT2D eigenvalue weighted by atomic mass is 9.99. The Morgan fingerprint density at radius 3 is 2.90 bits per heavy atom. The second-order valence-corrected chi connectivity index (χ2v) is 5.79. The summed E-state index contributed by atoms with van der Waals surface area (Å²) in [6.07, 6.45) is 6.57. The third kappa shape index (κ3) is 2.66. The molecular weight excluding hydrogens is 268 g/mol. The van der Waals surface area contributed by atoms with Gasteiger partial charge < -0.3 is 5.32 Å². The number of rotatable bonds is 2. The second kappa shape index (κ2) is 5.84. The van der Waals surface area contributed by atoms with Crippen LogP contribution in [-0.4, -0.2) is 4.98 Å². The van der Waals surface area contributed by atoms with Crippen molar-refractivity contribution in [3.8, 4) is 0 Å². The van der Waals surface area contributed by atoms with Crippen molar-refractivity contribution in [3.63, 3.8) is 0 Å². The lowest BCUT2D eigenvalue weighted by Crippen LogP contribution is -2.12. The van der Waals surface area contributed by atoms with Crippen LogP contribution in [0.4, 0.5) is 5.69 Å². The Hall–Kier alpha value is -1.54. The summed E-state index contributed by atoms with van der Waals surface area (Å²) in [5.41, 5.74) is 4.98. The first-order chi connectivity index (χ1) is 9.75. The molecule has 1 unspecified atom stereocenters. The zero-order valence-corrected chi connectivity index (χ0v) is 12.5. The second-order valence-electron chi connectivity index (χ2n) is 5.44. The van der Waals surface area contributed by atoms with E-state index < -0.39 is 0 Å². The van der Waals surface area contributed by atoms with Gasteiger partial charge in [-0.15, -0.1) is 0 Å². The molecule has 3 rings (SSSR count). The van der Waals surface area contributed by atoms with E-state index in [1.165, 1.54) is 30.4 Å². The standard InChI is InChI=1S/C17H19ClN2/c1-12-10-11-19-17(18)16(12)20-15-9-5-3-7-13-6-2-4-8-14(13)15/h2,4,6,8,10-11,15,20H,3,5,7,9H2,1H3. The van der Waals surface area contributed by atoms with Crippen molar-refractivity contribution < 1.29 is 0 Å². The minimum atomic E-state index is 0.328. The van der Waals surface area contributed by atoms with E-state index in [0.717, 1.165) is 17.7 Å². The van der Waals surface area contributed by atoms with Gasteiger partial charge in [0.25, 0.3) is 0 Å². The Morgan fingerprint density at radius 2 is 2.05 bits per heavy atom. The summed E-state index contributed by atoms with van der Waals surface area (Å²) < 4.78 is 0. The molecule has 2 aromatic rings. The van der Waals surface area contributed by atoms with Crippen LogP contribution >= 0.6 is 11.6 Å². The highest BCUT2D eigenvalue weighted by Crippen LogP contribution is 2.34. The van der Waals surface area contributed by atoms with Gasteiger partial charge in [-0.3, -0.25) is 0 Å². The van der Waals surface area contributed by atoms with E-state index in [-0.39, 0.29) is 0 Å². The maximum atomic E-state index is 6.24. The van der Waals surface area contributed by atoms with Crippen molar-refractivity contribution in [1.29, 1.82) is 0 Å². The first-order valence-electron chi connectivity index (χ1n) is 7.21. The molecular formula is C17H19ClN2. The van der Waals surface area contributed by atoms with Crippen LogP contribution in [0.2, 0.25) is 5.15 Å². The first-order valence-corrected chi connectivity index (χ1v) is 7.59. The van der Waals surface area contributed by atoms with Gasteiger partial charge in [0.1, 0.15) is 0 Å². The molecule has 0 saturated heterocycles. The Morgan fingerprint density at radius 1 is 1.20 bits per heavy atom. The number of fused-ring (bicyclic) bond motifs is 1. The molecule has 1 heterocycles. The molecule has 0 fully saturated rings. The Balaban J connectivity index is 1.94. The van der Waals surface area contributed by atoms with Crippen LogP contribution in [0.5, 0.6) is 0 Å². The molecule has 2 nitrogen and oxygen atoms in total. The summed E-state index contributed by atoms with van der Waals surface area (Å²) in [7, 11) is 0. The molecule has 0 aliphatic heterocycles. The number of nitrogens with zero attached hydrogens (tertiary/aromatic N) is 1. The summed E-state index contributed by atoms with van der Waals surface area (Å²) in [5.74, 6) is 0. The van der Waals surface area contributed by atoms with Crippen LogP contribution in [0, 0.1) is 6.92 Å². The van der Waals surface area contributed by atoms with Crippen molar-refractivity contribution in [2.75, 3.05) is 5.32 Å². The van der Waals surface area contributed by atoms with Crippen molar-refractivity contribution in [2.45, 2.75) is 38.6 Å². The zero-order valence-electron chi connectivity index (χ0n) is 11.7. The van der Waals surface area contributed by atoms with Gasteiger partial charge in [0.15, 0.2) is 5.15 Å². The van der Waals surface area contributed by atoms with E-state index in [1.807, 2.05) is 6.07 Å². The quantitative estimate of drug-likeness (QED) is 0.626. The fourth-order valence-electron chi connectivity index (χ4n) is 2.94. The number of pyridine rings is 1. The van der Waals surface area contributed by atoms with Gasteiger partial charge in [-0.05, 0) is 48.9 Å². The summed E-state index contributed by atoms with van der Waals surface area (Å²) in [5, 5.41) is 4.18. The van der Waals surface area contributed by atoms with E-state index in [1.54, 1.807) is 6.20 Å². The van der Waals surface area contributed by atoms with Gasteiger partial charge in [-0.2, -0.15) is 0 Å². The van der Waals surface area contributed by atoms with Crippen molar-refractivity contribution >= 4 is 17.3 Å². The Bertz CT molecular complexity index is 589. The number of hydrogen-bond acceptors (Lipinski definition) is 2. The molecule has 1 aromatic heterocycles. The number of nitrogens with one attached hydrogen (secondary N) is 1. The van der Waals surface area contributed by atoms with E-state index in [4.69, 9.17) is 11.6 Å². The smallest absolute Gasteiger partial charge is 0.152 e. The number of hydrogen-bond donors (Lipinski definition) is 1. The predicted octanol–water partition coefficient (Wildman–Crippen LogP) is 4.92. The molecule has 104 valence electrons. The molecule has 1 atom stereocenters. The molecule has 0 bridgehead atoms. The van der Waals surface area contributed by atoms with E-state index >= 15 is 0 Å². The minimum Gasteiger partial charge on any atom is -0.376 e. The molecule has 20 heavy (non-hydrogen) atoms. The normalized spacial score (nSPS) is 18.2. The van der Waals surface area contributed by atoms with Gasteiger partial charge in [0.05, 0.1) is 11.7 Å². The van der Waals surface area contributed by atoms with E-state index in [2.05, 4.69) is 41.5 Å². The highest BCUT2D eigenvalue weighted by Gasteiger charge is 2.19. The Labute approximate surface area is 125 Å². The van der Waals surface area contributed by atoms with Gasteiger partial charge >= 0.3 is 0 Å². The first kappa shape index (κ1) is 13.4. The zero-order chi connectivity index (χ0) is 13.9. The summed E-state index contributed by atoms with van der Waals surface area (Å²) in [6, 6.07) is 11.1. The van der Waals surface area contributed by atoms with Crippen LogP contribution in [0.15, 0.2) is 36.5 Å². The number of aromatic nitrogens is 1. The lowest BCUT2D eigenvalue weighted by Gasteiger charge is -2.22. The summed E-state index contributed by atoms with van der Waals surface area (Å²) >= 11 is 6.24. The van der Waals surface area contributed by atoms with Crippen LogP contribution in [-0.2, 0) is 6.42 Å². The predicted molar refractivity (Wildman–Crippen MR) is 84.3 cm³/mol.